The van der Waals surface area contributed by atoms with E-state index in [4.69, 9.17) is 0 Å². The molecule has 19 heavy (non-hydrogen) atoms. The molecule has 0 saturated carbocycles. The zero-order valence-electron chi connectivity index (χ0n) is 11.3. The van der Waals surface area contributed by atoms with Crippen LogP contribution in [-0.4, -0.2) is 55.8 Å². The second-order valence-corrected chi connectivity index (χ2v) is 6.54. The van der Waals surface area contributed by atoms with Gasteiger partial charge in [0.25, 0.3) is 10.2 Å². The Hall–Kier alpha value is -1.02. The second kappa shape index (κ2) is 5.96. The van der Waals surface area contributed by atoms with Crippen molar-refractivity contribution in [1.29, 1.82) is 0 Å². The molecule has 0 aromatic carbocycles. The van der Waals surface area contributed by atoms with E-state index in [-0.39, 0.29) is 6.04 Å². The van der Waals surface area contributed by atoms with Crippen molar-refractivity contribution >= 4 is 10.2 Å². The fourth-order valence-corrected chi connectivity index (χ4v) is 3.40. The number of nitrogens with one attached hydrogen (secondary N) is 1. The van der Waals surface area contributed by atoms with Gasteiger partial charge in [-0.2, -0.15) is 17.4 Å². The molecular weight excluding hydrogens is 264 g/mol. The molecule has 1 N–H and O–H groups in total. The molecule has 1 aliphatic heterocycles. The Labute approximate surface area is 114 Å². The van der Waals surface area contributed by atoms with E-state index in [0.717, 1.165) is 18.7 Å². The van der Waals surface area contributed by atoms with Crippen LogP contribution >= 0.6 is 0 Å². The van der Waals surface area contributed by atoms with Crippen molar-refractivity contribution in [2.75, 3.05) is 33.2 Å². The van der Waals surface area contributed by atoms with Gasteiger partial charge in [-0.1, -0.05) is 6.07 Å². The van der Waals surface area contributed by atoms with Gasteiger partial charge in [-0.05, 0) is 25.6 Å². The molecular formula is C12H20N4O2S. The number of aromatic nitrogens is 1. The number of piperazine rings is 1. The van der Waals surface area contributed by atoms with Crippen molar-refractivity contribution in [3.8, 4) is 0 Å². The minimum atomic E-state index is -3.43. The van der Waals surface area contributed by atoms with Crippen LogP contribution < -0.4 is 4.72 Å². The average molecular weight is 284 g/mol. The minimum absolute atomic E-state index is 0.279. The summed E-state index contributed by atoms with van der Waals surface area (Å²) in [7, 11) is -1.43. The molecule has 0 radical (unpaired) electrons. The third kappa shape index (κ3) is 3.73. The van der Waals surface area contributed by atoms with Crippen LogP contribution in [0.1, 0.15) is 18.5 Å². The predicted molar refractivity (Wildman–Crippen MR) is 73.8 cm³/mol. The third-order valence-corrected chi connectivity index (χ3v) is 5.01. The summed E-state index contributed by atoms with van der Waals surface area (Å²) >= 11 is 0. The summed E-state index contributed by atoms with van der Waals surface area (Å²) in [6, 6.07) is 3.39. The average Bonchev–Trinajstić information content (AvgIpc) is 2.40. The molecule has 106 valence electrons. The molecule has 2 heterocycles. The van der Waals surface area contributed by atoms with Crippen molar-refractivity contribution in [1.82, 2.24) is 18.9 Å². The molecule has 1 unspecified atom stereocenters. The van der Waals surface area contributed by atoms with Crippen molar-refractivity contribution < 1.29 is 8.42 Å². The highest BCUT2D eigenvalue weighted by atomic mass is 32.2. The van der Waals surface area contributed by atoms with Gasteiger partial charge in [-0.25, -0.2) is 0 Å². The van der Waals surface area contributed by atoms with Crippen LogP contribution in [0.5, 0.6) is 0 Å². The fraction of sp³-hybridized carbons (Fsp3) is 0.583. The van der Waals surface area contributed by atoms with Crippen molar-refractivity contribution in [3.05, 3.63) is 30.1 Å². The highest BCUT2D eigenvalue weighted by molar-refractivity contribution is 7.87. The summed E-state index contributed by atoms with van der Waals surface area (Å²) in [6.07, 6.45) is 3.35. The lowest BCUT2D eigenvalue weighted by atomic mass is 10.2. The number of nitrogens with zero attached hydrogens (tertiary/aromatic N) is 3. The maximum Gasteiger partial charge on any atom is 0.280 e. The molecule has 1 fully saturated rings. The summed E-state index contributed by atoms with van der Waals surface area (Å²) in [5.41, 5.74) is 0.861. The Morgan fingerprint density at radius 2 is 2.00 bits per heavy atom. The molecule has 0 amide bonds. The maximum atomic E-state index is 12.3. The van der Waals surface area contributed by atoms with Crippen molar-refractivity contribution in [2.24, 2.45) is 0 Å². The summed E-state index contributed by atoms with van der Waals surface area (Å²) in [5, 5.41) is 0. The molecule has 0 spiro atoms. The molecule has 1 saturated heterocycles. The summed E-state index contributed by atoms with van der Waals surface area (Å²) in [6.45, 7) is 4.42. The van der Waals surface area contributed by atoms with Gasteiger partial charge >= 0.3 is 0 Å². The predicted octanol–water partition coefficient (Wildman–Crippen LogP) is 0.224. The smallest absolute Gasteiger partial charge is 0.280 e. The first-order valence-corrected chi connectivity index (χ1v) is 7.79. The van der Waals surface area contributed by atoms with Crippen LogP contribution in [0.15, 0.2) is 24.5 Å². The van der Waals surface area contributed by atoms with Crippen LogP contribution in [-0.2, 0) is 10.2 Å². The largest absolute Gasteiger partial charge is 0.304 e. The Morgan fingerprint density at radius 1 is 1.32 bits per heavy atom. The van der Waals surface area contributed by atoms with Crippen LogP contribution in [0.25, 0.3) is 0 Å². The van der Waals surface area contributed by atoms with Gasteiger partial charge in [-0.3, -0.25) is 4.98 Å². The quantitative estimate of drug-likeness (QED) is 0.859. The van der Waals surface area contributed by atoms with Crippen LogP contribution in [0.4, 0.5) is 0 Å². The summed E-state index contributed by atoms with van der Waals surface area (Å²) in [4.78, 5) is 6.12. The number of likely N-dealkylation sites (N-methyl/N-ethyl adjacent to an activating group) is 1. The highest BCUT2D eigenvalue weighted by Crippen LogP contribution is 2.13. The number of pyridine rings is 1. The lowest BCUT2D eigenvalue weighted by Gasteiger charge is -2.32. The van der Waals surface area contributed by atoms with Gasteiger partial charge in [0.2, 0.25) is 0 Å². The molecule has 6 nitrogen and oxygen atoms in total. The monoisotopic (exact) mass is 284 g/mol. The highest BCUT2D eigenvalue weighted by Gasteiger charge is 2.27. The van der Waals surface area contributed by atoms with Crippen molar-refractivity contribution in [3.63, 3.8) is 0 Å². The fourth-order valence-electron chi connectivity index (χ4n) is 2.03. The molecule has 7 heteroatoms. The van der Waals surface area contributed by atoms with Gasteiger partial charge in [0.1, 0.15) is 0 Å². The van der Waals surface area contributed by atoms with E-state index < -0.39 is 10.2 Å². The molecule has 1 aromatic rings. The van der Waals surface area contributed by atoms with Crippen LogP contribution in [0, 0.1) is 0 Å². The van der Waals surface area contributed by atoms with Crippen LogP contribution in [0.2, 0.25) is 0 Å². The molecule has 1 atom stereocenters. The van der Waals surface area contributed by atoms with Gasteiger partial charge < -0.3 is 4.90 Å². The van der Waals surface area contributed by atoms with E-state index >= 15 is 0 Å². The standard InChI is InChI=1S/C12H20N4O2S/c1-11(12-4-3-5-13-10-12)14-19(17,18)16-8-6-15(2)7-9-16/h3-5,10-11,14H,6-9H2,1-2H3. The Balaban J connectivity index is 2.01. The first-order chi connectivity index (χ1) is 8.99. The first-order valence-electron chi connectivity index (χ1n) is 6.35. The zero-order chi connectivity index (χ0) is 13.9. The number of rotatable bonds is 4. The summed E-state index contributed by atoms with van der Waals surface area (Å²) in [5.74, 6) is 0. The van der Waals surface area contributed by atoms with Crippen LogP contribution in [0.3, 0.4) is 0 Å². The zero-order valence-corrected chi connectivity index (χ0v) is 12.1. The second-order valence-electron chi connectivity index (χ2n) is 4.83. The van der Waals surface area contributed by atoms with E-state index in [1.54, 1.807) is 18.5 Å². The molecule has 1 aliphatic rings. The minimum Gasteiger partial charge on any atom is -0.304 e. The number of hydrogen-bond acceptors (Lipinski definition) is 4. The number of hydrogen-bond donors (Lipinski definition) is 1. The molecule has 0 aliphatic carbocycles. The van der Waals surface area contributed by atoms with E-state index in [0.29, 0.717) is 13.1 Å². The van der Waals surface area contributed by atoms with E-state index in [2.05, 4.69) is 14.6 Å². The first kappa shape index (κ1) is 14.4. The van der Waals surface area contributed by atoms with Gasteiger partial charge in [-0.15, -0.1) is 0 Å². The topological polar surface area (TPSA) is 65.5 Å². The Morgan fingerprint density at radius 3 is 2.58 bits per heavy atom. The Kier molecular flexibility index (Phi) is 4.51. The van der Waals surface area contributed by atoms with Gasteiger partial charge in [0.05, 0.1) is 0 Å². The SMILES string of the molecule is CC(NS(=O)(=O)N1CCN(C)CC1)c1cccnc1. The molecule has 2 rings (SSSR count). The maximum absolute atomic E-state index is 12.3. The normalized spacial score (nSPS) is 20.3. The van der Waals surface area contributed by atoms with E-state index in [9.17, 15) is 8.42 Å². The van der Waals surface area contributed by atoms with Gasteiger partial charge in [0, 0.05) is 44.6 Å². The Bertz CT molecular complexity index is 498. The third-order valence-electron chi connectivity index (χ3n) is 3.31. The molecule has 1 aromatic heterocycles. The lowest BCUT2D eigenvalue weighted by Crippen LogP contribution is -2.51. The van der Waals surface area contributed by atoms with Crippen molar-refractivity contribution in [2.45, 2.75) is 13.0 Å². The van der Waals surface area contributed by atoms with E-state index in [1.165, 1.54) is 4.31 Å². The summed E-state index contributed by atoms with van der Waals surface area (Å²) < 4.78 is 28.7. The van der Waals surface area contributed by atoms with E-state index in [1.807, 2.05) is 20.0 Å². The lowest BCUT2D eigenvalue weighted by molar-refractivity contribution is 0.220. The van der Waals surface area contributed by atoms with Gasteiger partial charge in [0.15, 0.2) is 0 Å². The molecule has 0 bridgehead atoms.